The Balaban J connectivity index is 1.07. The highest BCUT2D eigenvalue weighted by Crippen LogP contribution is 2.50. The van der Waals surface area contributed by atoms with Crippen LogP contribution in [0.2, 0.25) is 0 Å². The second kappa shape index (κ2) is 12.4. The van der Waals surface area contributed by atoms with Crippen molar-refractivity contribution in [3.05, 3.63) is 34.2 Å². The number of carbonyl (C=O) groups excluding carboxylic acids is 2. The molecule has 4 aliphatic rings. The minimum atomic E-state index is -1.11. The molecule has 1 saturated carbocycles. The molecule has 1 aliphatic carbocycles. The van der Waals surface area contributed by atoms with Gasteiger partial charge in [-0.3, -0.25) is 13.9 Å². The van der Waals surface area contributed by atoms with Gasteiger partial charge in [0.25, 0.3) is 0 Å². The fraction of sp³-hybridized carbons (Fsp3) is 0.727. The second-order valence-corrected chi connectivity index (χ2v) is 13.8. The molecule has 1 unspecified atom stereocenters. The van der Waals surface area contributed by atoms with Gasteiger partial charge in [0.1, 0.15) is 18.0 Å². The molecule has 9 nitrogen and oxygen atoms in total. The Morgan fingerprint density at radius 3 is 2.47 bits per heavy atom. The Morgan fingerprint density at radius 1 is 1.12 bits per heavy atom. The summed E-state index contributed by atoms with van der Waals surface area (Å²) in [6.45, 7) is 6.24. The van der Waals surface area contributed by atoms with Crippen LogP contribution in [0.1, 0.15) is 81.7 Å². The summed E-state index contributed by atoms with van der Waals surface area (Å²) >= 11 is 0. The summed E-state index contributed by atoms with van der Waals surface area (Å²) in [6, 6.07) is 5.85. The first-order chi connectivity index (χ1) is 20.8. The number of likely N-dealkylation sites (N-methyl/N-ethyl adjacent to an activating group) is 1. The van der Waals surface area contributed by atoms with Crippen molar-refractivity contribution in [2.24, 2.45) is 12.5 Å². The first kappa shape index (κ1) is 30.5. The van der Waals surface area contributed by atoms with Crippen LogP contribution in [0.4, 0.5) is 4.39 Å². The number of hydrogen-bond acceptors (Lipinski definition) is 6. The number of fused-ring (bicyclic) bond motifs is 1. The number of nitrogens with one attached hydrogen (secondary N) is 2. The fourth-order valence-corrected chi connectivity index (χ4v) is 8.68. The lowest BCUT2D eigenvalue weighted by molar-refractivity contribution is -0.124. The van der Waals surface area contributed by atoms with E-state index in [2.05, 4.69) is 26.5 Å². The number of hydrogen-bond donors (Lipinski definition) is 2. The van der Waals surface area contributed by atoms with E-state index in [9.17, 15) is 14.4 Å². The second-order valence-electron chi connectivity index (χ2n) is 13.8. The molecule has 1 atom stereocenters. The van der Waals surface area contributed by atoms with Gasteiger partial charge >= 0.3 is 5.69 Å². The molecule has 43 heavy (non-hydrogen) atoms. The zero-order valence-electron chi connectivity index (χ0n) is 26.0. The molecular weight excluding hydrogens is 547 g/mol. The van der Waals surface area contributed by atoms with Crippen molar-refractivity contribution in [1.82, 2.24) is 29.6 Å². The first-order valence-corrected chi connectivity index (χ1v) is 16.5. The molecule has 4 heterocycles. The number of amides is 1. The lowest BCUT2D eigenvalue weighted by Gasteiger charge is -2.55. The number of carbonyl (C=O) groups is 2. The lowest BCUT2D eigenvalue weighted by Crippen LogP contribution is -2.58. The summed E-state index contributed by atoms with van der Waals surface area (Å²) in [4.78, 5) is 42.1. The average Bonchev–Trinajstić information content (AvgIpc) is 3.26. The lowest BCUT2D eigenvalue weighted by atomic mass is 9.60. The van der Waals surface area contributed by atoms with Crippen LogP contribution in [-0.2, 0) is 16.6 Å². The number of imidazole rings is 1. The number of halogens is 1. The maximum atomic E-state index is 16.1. The number of alkyl halides is 1. The van der Waals surface area contributed by atoms with E-state index in [-0.39, 0.29) is 30.4 Å². The summed E-state index contributed by atoms with van der Waals surface area (Å²) in [5.74, 6) is -0.0207. The van der Waals surface area contributed by atoms with Gasteiger partial charge in [0.05, 0.1) is 11.0 Å². The number of piperidine rings is 3. The summed E-state index contributed by atoms with van der Waals surface area (Å²) in [5, 5.41) is 6.14. The van der Waals surface area contributed by atoms with E-state index >= 15 is 4.39 Å². The highest BCUT2D eigenvalue weighted by Gasteiger charge is 2.48. The molecule has 3 aliphatic heterocycles. The van der Waals surface area contributed by atoms with Gasteiger partial charge in [0, 0.05) is 46.2 Å². The van der Waals surface area contributed by atoms with E-state index in [4.69, 9.17) is 0 Å². The number of aryl methyl sites for hydroxylation is 1. The van der Waals surface area contributed by atoms with Crippen LogP contribution >= 0.6 is 0 Å². The summed E-state index contributed by atoms with van der Waals surface area (Å²) in [6.07, 6.45) is 9.53. The molecule has 3 saturated heterocycles. The van der Waals surface area contributed by atoms with Crippen molar-refractivity contribution in [1.29, 1.82) is 0 Å². The van der Waals surface area contributed by atoms with Gasteiger partial charge in [-0.25, -0.2) is 9.18 Å². The van der Waals surface area contributed by atoms with E-state index in [1.54, 1.807) is 23.2 Å². The van der Waals surface area contributed by atoms with E-state index in [0.29, 0.717) is 30.8 Å². The zero-order valence-corrected chi connectivity index (χ0v) is 26.0. The van der Waals surface area contributed by atoms with Gasteiger partial charge < -0.3 is 25.2 Å². The maximum Gasteiger partial charge on any atom is 0.329 e. The summed E-state index contributed by atoms with van der Waals surface area (Å²) in [5.41, 5.74) is 1.87. The Labute approximate surface area is 254 Å². The number of para-hydroxylation sites is 1. The number of aldehydes is 1. The van der Waals surface area contributed by atoms with Crippen molar-refractivity contribution < 1.29 is 14.0 Å². The smallest absolute Gasteiger partial charge is 0.329 e. The minimum absolute atomic E-state index is 0.201. The minimum Gasteiger partial charge on any atom is -0.357 e. The van der Waals surface area contributed by atoms with Crippen molar-refractivity contribution in [2.45, 2.75) is 87.9 Å². The van der Waals surface area contributed by atoms with Crippen LogP contribution in [0.3, 0.4) is 0 Å². The zero-order chi connectivity index (χ0) is 30.2. The van der Waals surface area contributed by atoms with E-state index < -0.39 is 11.7 Å². The number of nitrogens with zero attached hydrogens (tertiary/aromatic N) is 4. The predicted molar refractivity (Wildman–Crippen MR) is 166 cm³/mol. The van der Waals surface area contributed by atoms with Crippen LogP contribution in [0.15, 0.2) is 23.0 Å². The van der Waals surface area contributed by atoms with E-state index in [0.717, 1.165) is 75.0 Å². The van der Waals surface area contributed by atoms with Gasteiger partial charge in [0.15, 0.2) is 0 Å². The Morgan fingerprint density at radius 2 is 1.81 bits per heavy atom. The third-order valence-corrected chi connectivity index (χ3v) is 11.3. The highest BCUT2D eigenvalue weighted by atomic mass is 19.1. The molecule has 6 rings (SSSR count). The first-order valence-electron chi connectivity index (χ1n) is 16.5. The summed E-state index contributed by atoms with van der Waals surface area (Å²) in [7, 11) is 3.31. The van der Waals surface area contributed by atoms with Gasteiger partial charge in [-0.2, -0.15) is 0 Å². The van der Waals surface area contributed by atoms with Gasteiger partial charge in [-0.15, -0.1) is 0 Å². The average molecular weight is 597 g/mol. The molecule has 2 N–H and O–H groups in total. The molecule has 1 aromatic heterocycles. The van der Waals surface area contributed by atoms with E-state index in [1.807, 2.05) is 12.1 Å². The fourth-order valence-electron chi connectivity index (χ4n) is 8.68. The Bertz CT molecular complexity index is 1360. The normalized spacial score (nSPS) is 24.2. The maximum absolute atomic E-state index is 16.1. The standard InChI is InChI=1S/C33H49FN6O3/c1-35-30(42)28(7-4-20-41)40-27-6-3-5-26(29(27)37(2)31(40)43)24-8-16-38(17-9-24)23-33(34)12-18-39(19-13-33)25-21-32(22-25)10-14-36-15-11-32/h3,5-6,20,24-25,28,36H,4,7-19,21-23H2,1-2H3,(H,35,42). The van der Waals surface area contributed by atoms with E-state index in [1.165, 1.54) is 25.7 Å². The largest absolute Gasteiger partial charge is 0.357 e. The molecular formula is C33H49FN6O3. The highest BCUT2D eigenvalue weighted by molar-refractivity contribution is 5.85. The van der Waals surface area contributed by atoms with Crippen LogP contribution in [0.5, 0.6) is 0 Å². The van der Waals surface area contributed by atoms with Crippen LogP contribution in [0.25, 0.3) is 11.0 Å². The van der Waals surface area contributed by atoms with Crippen molar-refractivity contribution >= 4 is 23.2 Å². The van der Waals surface area contributed by atoms with Crippen LogP contribution in [0, 0.1) is 5.41 Å². The quantitative estimate of drug-likeness (QED) is 0.433. The molecule has 2 aromatic rings. The number of benzene rings is 1. The SMILES string of the molecule is CNC(=O)C(CCC=O)n1c(=O)n(C)c2c(C3CCN(CC4(F)CCN(C5CC6(CCNCC6)C5)CC4)CC3)cccc21. The van der Waals surface area contributed by atoms with Crippen molar-refractivity contribution in [2.75, 3.05) is 52.9 Å². The summed E-state index contributed by atoms with van der Waals surface area (Å²) < 4.78 is 19.3. The molecule has 1 aromatic carbocycles. The molecule has 0 radical (unpaired) electrons. The third kappa shape index (κ3) is 5.94. The number of likely N-dealkylation sites (tertiary alicyclic amines) is 2. The molecule has 1 amide bonds. The molecule has 10 heteroatoms. The number of aromatic nitrogens is 2. The monoisotopic (exact) mass is 596 g/mol. The molecule has 0 bridgehead atoms. The molecule has 1 spiro atoms. The Hall–Kier alpha value is -2.56. The Kier molecular flexibility index (Phi) is 8.82. The number of rotatable bonds is 9. The van der Waals surface area contributed by atoms with Crippen LogP contribution in [-0.4, -0.2) is 95.7 Å². The van der Waals surface area contributed by atoms with Crippen molar-refractivity contribution in [3.8, 4) is 0 Å². The predicted octanol–water partition coefficient (Wildman–Crippen LogP) is 3.12. The van der Waals surface area contributed by atoms with Gasteiger partial charge in [-0.05, 0) is 107 Å². The van der Waals surface area contributed by atoms with Crippen molar-refractivity contribution in [3.63, 3.8) is 0 Å². The van der Waals surface area contributed by atoms with Crippen LogP contribution < -0.4 is 16.3 Å². The topological polar surface area (TPSA) is 91.6 Å². The molecule has 236 valence electrons. The molecule has 4 fully saturated rings. The van der Waals surface area contributed by atoms with Gasteiger partial charge in [0.2, 0.25) is 5.91 Å². The van der Waals surface area contributed by atoms with Gasteiger partial charge in [-0.1, -0.05) is 12.1 Å². The third-order valence-electron chi connectivity index (χ3n) is 11.3.